The number of carbonyl (C=O) groups is 2. The van der Waals surface area contributed by atoms with E-state index in [1.165, 1.54) is 0 Å². The zero-order valence-corrected chi connectivity index (χ0v) is 12.4. The van der Waals surface area contributed by atoms with Crippen LogP contribution in [-0.2, 0) is 16.0 Å². The zero-order valence-electron chi connectivity index (χ0n) is 12.4. The van der Waals surface area contributed by atoms with Crippen molar-refractivity contribution in [1.82, 2.24) is 9.88 Å². The minimum Gasteiger partial charge on any atom is -0.481 e. The maximum atomic E-state index is 12.3. The quantitative estimate of drug-likeness (QED) is 0.900. The Kier molecular flexibility index (Phi) is 5.31. The van der Waals surface area contributed by atoms with Crippen molar-refractivity contribution in [2.75, 3.05) is 13.1 Å². The third-order valence-corrected chi connectivity index (χ3v) is 4.22. The van der Waals surface area contributed by atoms with Crippen LogP contribution in [0.3, 0.4) is 0 Å². The van der Waals surface area contributed by atoms with Gasteiger partial charge in [-0.05, 0) is 42.4 Å². The first kappa shape index (κ1) is 15.5. The zero-order chi connectivity index (χ0) is 15.2. The molecule has 1 aromatic heterocycles. The van der Waals surface area contributed by atoms with Gasteiger partial charge in [-0.2, -0.15) is 0 Å². The van der Waals surface area contributed by atoms with Crippen LogP contribution in [0.5, 0.6) is 0 Å². The van der Waals surface area contributed by atoms with Crippen LogP contribution >= 0.6 is 0 Å². The highest BCUT2D eigenvalue weighted by atomic mass is 16.4. The van der Waals surface area contributed by atoms with E-state index >= 15 is 0 Å². The molecule has 0 aliphatic carbocycles. The monoisotopic (exact) mass is 290 g/mol. The van der Waals surface area contributed by atoms with Crippen LogP contribution in [0.2, 0.25) is 0 Å². The Morgan fingerprint density at radius 3 is 2.81 bits per heavy atom. The molecule has 1 aliphatic rings. The van der Waals surface area contributed by atoms with E-state index < -0.39 is 5.97 Å². The van der Waals surface area contributed by atoms with E-state index in [1.54, 1.807) is 12.4 Å². The van der Waals surface area contributed by atoms with Crippen molar-refractivity contribution in [3.05, 3.63) is 30.1 Å². The van der Waals surface area contributed by atoms with Gasteiger partial charge in [-0.1, -0.05) is 6.92 Å². The van der Waals surface area contributed by atoms with Crippen molar-refractivity contribution >= 4 is 11.9 Å². The smallest absolute Gasteiger partial charge is 0.303 e. The fraction of sp³-hybridized carbons (Fsp3) is 0.562. The number of nitrogens with zero attached hydrogens (tertiary/aromatic N) is 2. The summed E-state index contributed by atoms with van der Waals surface area (Å²) in [6.45, 7) is 3.42. The number of hydrogen-bond acceptors (Lipinski definition) is 3. The summed E-state index contributed by atoms with van der Waals surface area (Å²) in [6, 6.07) is 3.71. The molecule has 0 saturated carbocycles. The molecule has 1 saturated heterocycles. The van der Waals surface area contributed by atoms with Crippen molar-refractivity contribution < 1.29 is 14.7 Å². The van der Waals surface area contributed by atoms with Gasteiger partial charge in [0.25, 0.3) is 0 Å². The standard InChI is InChI=1S/C16H22N2O3/c1-12(9-16(20)21)14-3-2-8-18(11-14)15(19)10-13-4-6-17-7-5-13/h4-7,12,14H,2-3,8-11H2,1H3,(H,20,21). The molecule has 2 atom stereocenters. The molecule has 0 spiro atoms. The highest BCUT2D eigenvalue weighted by Crippen LogP contribution is 2.26. The number of carboxylic acids is 1. The predicted octanol–water partition coefficient (Wildman–Crippen LogP) is 1.97. The minimum absolute atomic E-state index is 0.110. The first-order valence-electron chi connectivity index (χ1n) is 7.44. The largest absolute Gasteiger partial charge is 0.481 e. The van der Waals surface area contributed by atoms with E-state index in [2.05, 4.69) is 4.98 Å². The molecular formula is C16H22N2O3. The van der Waals surface area contributed by atoms with Gasteiger partial charge >= 0.3 is 5.97 Å². The molecule has 21 heavy (non-hydrogen) atoms. The second kappa shape index (κ2) is 7.20. The molecule has 5 nitrogen and oxygen atoms in total. The molecule has 1 fully saturated rings. The van der Waals surface area contributed by atoms with Crippen molar-refractivity contribution in [3.63, 3.8) is 0 Å². The van der Waals surface area contributed by atoms with Gasteiger partial charge in [-0.15, -0.1) is 0 Å². The van der Waals surface area contributed by atoms with Gasteiger partial charge < -0.3 is 10.0 Å². The van der Waals surface area contributed by atoms with Gasteiger partial charge in [0, 0.05) is 31.9 Å². The van der Waals surface area contributed by atoms with Crippen LogP contribution < -0.4 is 0 Å². The number of carboxylic acid groups (broad SMARTS) is 1. The summed E-state index contributed by atoms with van der Waals surface area (Å²) in [7, 11) is 0. The second-order valence-corrected chi connectivity index (χ2v) is 5.85. The Bertz CT molecular complexity index is 490. The summed E-state index contributed by atoms with van der Waals surface area (Å²) in [4.78, 5) is 29.0. The number of rotatable bonds is 5. The van der Waals surface area contributed by atoms with E-state index in [9.17, 15) is 9.59 Å². The molecule has 1 amide bonds. The number of hydrogen-bond donors (Lipinski definition) is 1. The molecule has 5 heteroatoms. The van der Waals surface area contributed by atoms with Gasteiger partial charge in [0.05, 0.1) is 6.42 Å². The predicted molar refractivity (Wildman–Crippen MR) is 78.7 cm³/mol. The molecule has 114 valence electrons. The lowest BCUT2D eigenvalue weighted by Crippen LogP contribution is -2.42. The lowest BCUT2D eigenvalue weighted by Gasteiger charge is -2.35. The van der Waals surface area contributed by atoms with Crippen LogP contribution in [0.15, 0.2) is 24.5 Å². The molecule has 2 unspecified atom stereocenters. The summed E-state index contributed by atoms with van der Waals surface area (Å²) >= 11 is 0. The number of aromatic nitrogens is 1. The maximum absolute atomic E-state index is 12.3. The summed E-state index contributed by atoms with van der Waals surface area (Å²) in [5.74, 6) is -0.244. The molecule has 2 rings (SSSR count). The lowest BCUT2D eigenvalue weighted by atomic mass is 9.84. The molecule has 1 aliphatic heterocycles. The van der Waals surface area contributed by atoms with Crippen LogP contribution in [-0.4, -0.2) is 40.0 Å². The lowest BCUT2D eigenvalue weighted by molar-refractivity contribution is -0.138. The van der Waals surface area contributed by atoms with E-state index in [4.69, 9.17) is 5.11 Å². The number of aliphatic carboxylic acids is 1. The highest BCUT2D eigenvalue weighted by Gasteiger charge is 2.28. The Labute approximate surface area is 125 Å². The normalized spacial score (nSPS) is 20.0. The Balaban J connectivity index is 1.91. The first-order chi connectivity index (χ1) is 10.1. The third-order valence-electron chi connectivity index (χ3n) is 4.22. The van der Waals surface area contributed by atoms with Gasteiger partial charge in [0.15, 0.2) is 0 Å². The van der Waals surface area contributed by atoms with Gasteiger partial charge in [-0.3, -0.25) is 14.6 Å². The summed E-state index contributed by atoms with van der Waals surface area (Å²) in [5, 5.41) is 8.90. The molecule has 1 aromatic rings. The maximum Gasteiger partial charge on any atom is 0.303 e. The molecular weight excluding hydrogens is 268 g/mol. The van der Waals surface area contributed by atoms with Crippen LogP contribution in [0.25, 0.3) is 0 Å². The average Bonchev–Trinajstić information content (AvgIpc) is 2.47. The van der Waals surface area contributed by atoms with Crippen LogP contribution in [0.1, 0.15) is 31.7 Å². The van der Waals surface area contributed by atoms with E-state index in [0.717, 1.165) is 24.9 Å². The fourth-order valence-corrected chi connectivity index (χ4v) is 2.93. The van der Waals surface area contributed by atoms with Crippen molar-refractivity contribution in [2.24, 2.45) is 11.8 Å². The highest BCUT2D eigenvalue weighted by molar-refractivity contribution is 5.78. The summed E-state index contributed by atoms with van der Waals surface area (Å²) in [6.07, 6.45) is 5.91. The SMILES string of the molecule is CC(CC(=O)O)C1CCCN(C(=O)Cc2ccncc2)C1. The number of piperidine rings is 1. The number of likely N-dealkylation sites (tertiary alicyclic amines) is 1. The van der Waals surface area contributed by atoms with Crippen molar-refractivity contribution in [3.8, 4) is 0 Å². The van der Waals surface area contributed by atoms with Gasteiger partial charge in [-0.25, -0.2) is 0 Å². The molecule has 2 heterocycles. The summed E-state index contributed by atoms with van der Waals surface area (Å²) in [5.41, 5.74) is 0.968. The first-order valence-corrected chi connectivity index (χ1v) is 7.44. The number of carbonyl (C=O) groups excluding carboxylic acids is 1. The molecule has 1 N–H and O–H groups in total. The van der Waals surface area contributed by atoms with Crippen molar-refractivity contribution in [2.45, 2.75) is 32.6 Å². The summed E-state index contributed by atoms with van der Waals surface area (Å²) < 4.78 is 0. The average molecular weight is 290 g/mol. The molecule has 0 aromatic carbocycles. The van der Waals surface area contributed by atoms with Crippen LogP contribution in [0.4, 0.5) is 0 Å². The van der Waals surface area contributed by atoms with E-state index in [1.807, 2.05) is 24.0 Å². The van der Waals surface area contributed by atoms with Crippen LogP contribution in [0, 0.1) is 11.8 Å². The minimum atomic E-state index is -0.761. The van der Waals surface area contributed by atoms with Gasteiger partial charge in [0.2, 0.25) is 5.91 Å². The third kappa shape index (κ3) is 4.55. The van der Waals surface area contributed by atoms with E-state index in [0.29, 0.717) is 13.0 Å². The van der Waals surface area contributed by atoms with E-state index in [-0.39, 0.29) is 24.2 Å². The Morgan fingerprint density at radius 2 is 2.14 bits per heavy atom. The Morgan fingerprint density at radius 1 is 1.43 bits per heavy atom. The molecule has 0 bridgehead atoms. The number of pyridine rings is 1. The van der Waals surface area contributed by atoms with Crippen molar-refractivity contribution in [1.29, 1.82) is 0 Å². The molecule has 0 radical (unpaired) electrons. The Hall–Kier alpha value is -1.91. The second-order valence-electron chi connectivity index (χ2n) is 5.85. The fourth-order valence-electron chi connectivity index (χ4n) is 2.93. The van der Waals surface area contributed by atoms with Gasteiger partial charge in [0.1, 0.15) is 0 Å². The number of amides is 1. The topological polar surface area (TPSA) is 70.5 Å².